The van der Waals surface area contributed by atoms with Gasteiger partial charge in [0, 0.05) is 11.6 Å². The fraction of sp³-hybridized carbons (Fsp3) is 0.294. The summed E-state index contributed by atoms with van der Waals surface area (Å²) in [7, 11) is 0. The number of hydrogen-bond donors (Lipinski definition) is 1. The van der Waals surface area contributed by atoms with Gasteiger partial charge >= 0.3 is 0 Å². The van der Waals surface area contributed by atoms with E-state index in [9.17, 15) is 0 Å². The van der Waals surface area contributed by atoms with Gasteiger partial charge in [-0.15, -0.1) is 0 Å². The second-order valence-electron chi connectivity index (χ2n) is 4.82. The number of hydrogen-bond acceptors (Lipinski definition) is 2. The maximum Gasteiger partial charge on any atom is 0.119 e. The number of benzene rings is 2. The Kier molecular flexibility index (Phi) is 6.21. The molecule has 0 aliphatic heterocycles. The van der Waals surface area contributed by atoms with Crippen LogP contribution in [0.15, 0.2) is 42.5 Å². The molecule has 0 saturated carbocycles. The minimum absolute atomic E-state index is 0.666. The summed E-state index contributed by atoms with van der Waals surface area (Å²) in [4.78, 5) is 0. The van der Waals surface area contributed by atoms with Crippen LogP contribution in [0.4, 0.5) is 5.69 Å². The Morgan fingerprint density at radius 1 is 1.05 bits per heavy atom. The Morgan fingerprint density at radius 2 is 1.81 bits per heavy atom. The van der Waals surface area contributed by atoms with Crippen LogP contribution in [0, 0.1) is 0 Å². The quantitative estimate of drug-likeness (QED) is 0.651. The zero-order valence-corrected chi connectivity index (χ0v) is 13.5. The van der Waals surface area contributed by atoms with Gasteiger partial charge < -0.3 is 10.1 Å². The summed E-state index contributed by atoms with van der Waals surface area (Å²) in [6.45, 7) is 3.61. The molecule has 2 aromatic carbocycles. The molecule has 0 amide bonds. The van der Waals surface area contributed by atoms with Crippen molar-refractivity contribution in [2.24, 2.45) is 0 Å². The monoisotopic (exact) mass is 323 g/mol. The highest BCUT2D eigenvalue weighted by Crippen LogP contribution is 2.26. The van der Waals surface area contributed by atoms with Gasteiger partial charge in [0.15, 0.2) is 0 Å². The topological polar surface area (TPSA) is 21.3 Å². The fourth-order valence-electron chi connectivity index (χ4n) is 1.87. The molecule has 0 saturated heterocycles. The zero-order valence-electron chi connectivity index (χ0n) is 12.0. The highest BCUT2D eigenvalue weighted by Gasteiger charge is 2.01. The van der Waals surface area contributed by atoms with Crippen LogP contribution < -0.4 is 10.1 Å². The molecule has 0 fully saturated rings. The third kappa shape index (κ3) is 5.14. The predicted molar refractivity (Wildman–Crippen MR) is 90.6 cm³/mol. The molecule has 0 bridgehead atoms. The predicted octanol–water partition coefficient (Wildman–Crippen LogP) is 5.78. The van der Waals surface area contributed by atoms with Gasteiger partial charge in [0.25, 0.3) is 0 Å². The van der Waals surface area contributed by atoms with Crippen molar-refractivity contribution in [1.82, 2.24) is 0 Å². The summed E-state index contributed by atoms with van der Waals surface area (Å²) in [5.74, 6) is 0.910. The van der Waals surface area contributed by atoms with E-state index in [4.69, 9.17) is 27.9 Å². The SMILES string of the molecule is CCCCOc1ccc(CNc2cc(Cl)ccc2Cl)cc1. The van der Waals surface area contributed by atoms with Crippen molar-refractivity contribution in [3.8, 4) is 5.75 Å². The van der Waals surface area contributed by atoms with Crippen LogP contribution in [0.5, 0.6) is 5.75 Å². The van der Waals surface area contributed by atoms with E-state index in [2.05, 4.69) is 12.2 Å². The maximum atomic E-state index is 6.12. The molecule has 2 nitrogen and oxygen atoms in total. The molecule has 112 valence electrons. The van der Waals surface area contributed by atoms with Gasteiger partial charge in [-0.25, -0.2) is 0 Å². The van der Waals surface area contributed by atoms with Crippen molar-refractivity contribution < 1.29 is 4.74 Å². The lowest BCUT2D eigenvalue weighted by Crippen LogP contribution is -2.00. The first-order chi connectivity index (χ1) is 10.2. The van der Waals surface area contributed by atoms with Crippen molar-refractivity contribution >= 4 is 28.9 Å². The van der Waals surface area contributed by atoms with Crippen molar-refractivity contribution in [3.05, 3.63) is 58.1 Å². The zero-order chi connectivity index (χ0) is 15.1. The molecule has 0 atom stereocenters. The number of ether oxygens (including phenoxy) is 1. The minimum Gasteiger partial charge on any atom is -0.494 e. The van der Waals surface area contributed by atoms with Crippen LogP contribution in [0.1, 0.15) is 25.3 Å². The van der Waals surface area contributed by atoms with E-state index in [1.807, 2.05) is 30.3 Å². The Balaban J connectivity index is 1.90. The molecule has 2 rings (SSSR count). The normalized spacial score (nSPS) is 10.4. The van der Waals surface area contributed by atoms with Crippen LogP contribution in [-0.2, 0) is 6.54 Å². The van der Waals surface area contributed by atoms with Gasteiger partial charge in [0.2, 0.25) is 0 Å². The molecule has 1 N–H and O–H groups in total. The lowest BCUT2D eigenvalue weighted by atomic mass is 10.2. The van der Waals surface area contributed by atoms with E-state index in [0.717, 1.165) is 36.4 Å². The average molecular weight is 324 g/mol. The summed E-state index contributed by atoms with van der Waals surface area (Å²) < 4.78 is 5.64. The Labute approximate surface area is 136 Å². The molecular weight excluding hydrogens is 305 g/mol. The molecule has 0 aliphatic rings. The molecule has 0 heterocycles. The van der Waals surface area contributed by atoms with Crippen LogP contribution in [0.3, 0.4) is 0 Å². The maximum absolute atomic E-state index is 6.12. The summed E-state index contributed by atoms with van der Waals surface area (Å²) >= 11 is 12.1. The van der Waals surface area contributed by atoms with Crippen LogP contribution in [0.2, 0.25) is 10.0 Å². The van der Waals surface area contributed by atoms with Crippen LogP contribution >= 0.6 is 23.2 Å². The highest BCUT2D eigenvalue weighted by molar-refractivity contribution is 6.35. The van der Waals surface area contributed by atoms with Crippen LogP contribution in [0.25, 0.3) is 0 Å². The lowest BCUT2D eigenvalue weighted by molar-refractivity contribution is 0.309. The minimum atomic E-state index is 0.666. The number of unbranched alkanes of at least 4 members (excludes halogenated alkanes) is 1. The first-order valence-corrected chi connectivity index (χ1v) is 7.85. The molecule has 0 aromatic heterocycles. The van der Waals surface area contributed by atoms with E-state index < -0.39 is 0 Å². The van der Waals surface area contributed by atoms with Gasteiger partial charge in [-0.05, 0) is 42.3 Å². The van der Waals surface area contributed by atoms with Gasteiger partial charge in [0.1, 0.15) is 5.75 Å². The lowest BCUT2D eigenvalue weighted by Gasteiger charge is -2.10. The van der Waals surface area contributed by atoms with Crippen molar-refractivity contribution in [2.75, 3.05) is 11.9 Å². The van der Waals surface area contributed by atoms with E-state index in [1.54, 1.807) is 12.1 Å². The fourth-order valence-corrected chi connectivity index (χ4v) is 2.22. The van der Waals surface area contributed by atoms with E-state index in [-0.39, 0.29) is 0 Å². The Bertz CT molecular complexity index is 570. The van der Waals surface area contributed by atoms with Gasteiger partial charge in [-0.1, -0.05) is 48.7 Å². The molecule has 4 heteroatoms. The van der Waals surface area contributed by atoms with E-state index in [0.29, 0.717) is 16.6 Å². The molecule has 2 aromatic rings. The van der Waals surface area contributed by atoms with Gasteiger partial charge in [0.05, 0.1) is 17.3 Å². The third-order valence-electron chi connectivity index (χ3n) is 3.10. The summed E-state index contributed by atoms with van der Waals surface area (Å²) in [6.07, 6.45) is 2.22. The standard InChI is InChI=1S/C17H19Cl2NO/c1-2-3-10-21-15-7-4-13(5-8-15)12-20-17-11-14(18)6-9-16(17)19/h4-9,11,20H,2-3,10,12H2,1H3. The molecule has 21 heavy (non-hydrogen) atoms. The number of anilines is 1. The Hall–Kier alpha value is -1.38. The van der Waals surface area contributed by atoms with E-state index in [1.165, 1.54) is 0 Å². The molecule has 0 unspecified atom stereocenters. The highest BCUT2D eigenvalue weighted by atomic mass is 35.5. The van der Waals surface area contributed by atoms with Crippen molar-refractivity contribution in [1.29, 1.82) is 0 Å². The second kappa shape index (κ2) is 8.16. The summed E-state index contributed by atoms with van der Waals surface area (Å²) in [5, 5.41) is 4.62. The first-order valence-electron chi connectivity index (χ1n) is 7.09. The smallest absolute Gasteiger partial charge is 0.119 e. The third-order valence-corrected chi connectivity index (χ3v) is 3.67. The molecule has 0 radical (unpaired) electrons. The van der Waals surface area contributed by atoms with Gasteiger partial charge in [-0.2, -0.15) is 0 Å². The average Bonchev–Trinajstić information content (AvgIpc) is 2.50. The van der Waals surface area contributed by atoms with Gasteiger partial charge in [-0.3, -0.25) is 0 Å². The number of rotatable bonds is 7. The van der Waals surface area contributed by atoms with Crippen molar-refractivity contribution in [2.45, 2.75) is 26.3 Å². The summed E-state index contributed by atoms with van der Waals surface area (Å²) in [5.41, 5.74) is 2.00. The van der Waals surface area contributed by atoms with E-state index >= 15 is 0 Å². The Morgan fingerprint density at radius 3 is 2.52 bits per heavy atom. The first kappa shape index (κ1) is 16.0. The molecule has 0 aliphatic carbocycles. The molecule has 0 spiro atoms. The molecular formula is C17H19Cl2NO. The van der Waals surface area contributed by atoms with Crippen LogP contribution in [-0.4, -0.2) is 6.61 Å². The number of nitrogens with one attached hydrogen (secondary N) is 1. The van der Waals surface area contributed by atoms with Crippen molar-refractivity contribution in [3.63, 3.8) is 0 Å². The second-order valence-corrected chi connectivity index (χ2v) is 5.67. The summed E-state index contributed by atoms with van der Waals surface area (Å²) in [6, 6.07) is 13.5. The number of halogens is 2. The largest absolute Gasteiger partial charge is 0.494 e.